The summed E-state index contributed by atoms with van der Waals surface area (Å²) >= 11 is 0. The smallest absolute Gasteiger partial charge is 0.295 e. The molecule has 6 nitrogen and oxygen atoms in total. The second-order valence-electron chi connectivity index (χ2n) is 6.27. The Hall–Kier alpha value is -3.35. The molecule has 0 bridgehead atoms. The summed E-state index contributed by atoms with van der Waals surface area (Å²) in [5, 5.41) is 5.49. The highest BCUT2D eigenvalue weighted by Crippen LogP contribution is 2.16. The lowest BCUT2D eigenvalue weighted by Gasteiger charge is -2.14. The number of nitrogens with one attached hydrogen (secondary N) is 2. The Morgan fingerprint density at radius 2 is 1.70 bits per heavy atom. The van der Waals surface area contributed by atoms with Crippen molar-refractivity contribution in [1.82, 2.24) is 9.36 Å². The van der Waals surface area contributed by atoms with Gasteiger partial charge in [0.1, 0.15) is 17.5 Å². The summed E-state index contributed by atoms with van der Waals surface area (Å²) in [6, 6.07) is 14.4. The fourth-order valence-corrected chi connectivity index (χ4v) is 2.82. The second-order valence-corrected chi connectivity index (χ2v) is 6.27. The molecule has 0 fully saturated rings. The maximum atomic E-state index is 13.7. The fraction of sp³-hybridized carbons (Fsp3) is 0.200. The van der Waals surface area contributed by atoms with Crippen molar-refractivity contribution >= 4 is 17.3 Å². The highest BCUT2D eigenvalue weighted by Gasteiger charge is 2.21. The van der Waals surface area contributed by atoms with Gasteiger partial charge in [-0.05, 0) is 38.1 Å². The standard InChI is InChI=1S/C20H21FN4O2/c1-13(19(26)23-17-12-8-7-11-16(17)21)22-18-14(2)24(3)25(20(18)27)15-9-5-4-6-10-15/h4-13,22H,1-3H3,(H,23,26)/t13-/m1/s1. The Labute approximate surface area is 156 Å². The van der Waals surface area contributed by atoms with Crippen molar-refractivity contribution in [2.75, 3.05) is 10.6 Å². The summed E-state index contributed by atoms with van der Waals surface area (Å²) in [5.74, 6) is -0.950. The Morgan fingerprint density at radius 3 is 2.37 bits per heavy atom. The largest absolute Gasteiger partial charge is 0.368 e. The predicted octanol–water partition coefficient (Wildman–Crippen LogP) is 3.06. The Bertz CT molecular complexity index is 1020. The number of hydrogen-bond acceptors (Lipinski definition) is 3. The van der Waals surface area contributed by atoms with E-state index < -0.39 is 17.8 Å². The van der Waals surface area contributed by atoms with Gasteiger partial charge in [0, 0.05) is 7.05 Å². The molecule has 1 amide bonds. The third-order valence-corrected chi connectivity index (χ3v) is 4.44. The molecule has 2 aromatic carbocycles. The van der Waals surface area contributed by atoms with Crippen molar-refractivity contribution in [2.24, 2.45) is 7.05 Å². The van der Waals surface area contributed by atoms with Gasteiger partial charge in [-0.25, -0.2) is 9.07 Å². The van der Waals surface area contributed by atoms with Crippen molar-refractivity contribution in [3.63, 3.8) is 0 Å². The van der Waals surface area contributed by atoms with Crippen LogP contribution in [0.3, 0.4) is 0 Å². The van der Waals surface area contributed by atoms with Crippen LogP contribution in [-0.4, -0.2) is 21.3 Å². The van der Waals surface area contributed by atoms with E-state index >= 15 is 0 Å². The van der Waals surface area contributed by atoms with E-state index in [1.165, 1.54) is 16.8 Å². The van der Waals surface area contributed by atoms with Crippen LogP contribution in [0.2, 0.25) is 0 Å². The lowest BCUT2D eigenvalue weighted by atomic mass is 10.2. The predicted molar refractivity (Wildman–Crippen MR) is 104 cm³/mol. The summed E-state index contributed by atoms with van der Waals surface area (Å²) in [6.07, 6.45) is 0. The van der Waals surface area contributed by atoms with Crippen LogP contribution in [0.25, 0.3) is 5.69 Å². The summed E-state index contributed by atoms with van der Waals surface area (Å²) in [6.45, 7) is 3.42. The van der Waals surface area contributed by atoms with Gasteiger partial charge in [-0.2, -0.15) is 0 Å². The van der Waals surface area contributed by atoms with Gasteiger partial charge in [0.15, 0.2) is 0 Å². The van der Waals surface area contributed by atoms with E-state index in [0.29, 0.717) is 11.4 Å². The van der Waals surface area contributed by atoms with Gasteiger partial charge in [0.2, 0.25) is 5.91 Å². The fourth-order valence-electron chi connectivity index (χ4n) is 2.82. The number of anilines is 2. The van der Waals surface area contributed by atoms with Crippen molar-refractivity contribution in [3.8, 4) is 5.69 Å². The number of aromatic nitrogens is 2. The van der Waals surface area contributed by atoms with Crippen LogP contribution < -0.4 is 16.2 Å². The maximum Gasteiger partial charge on any atom is 0.295 e. The molecule has 0 radical (unpaired) electrons. The number of benzene rings is 2. The first-order valence-corrected chi connectivity index (χ1v) is 8.56. The quantitative estimate of drug-likeness (QED) is 0.727. The molecule has 0 aliphatic carbocycles. The van der Waals surface area contributed by atoms with Crippen molar-refractivity contribution in [1.29, 1.82) is 0 Å². The molecule has 3 rings (SSSR count). The average molecular weight is 368 g/mol. The van der Waals surface area contributed by atoms with E-state index in [-0.39, 0.29) is 11.2 Å². The molecule has 2 N–H and O–H groups in total. The number of nitrogens with zero attached hydrogens (tertiary/aromatic N) is 2. The zero-order chi connectivity index (χ0) is 19.6. The number of hydrogen-bond donors (Lipinski definition) is 2. The van der Waals surface area contributed by atoms with Gasteiger partial charge in [-0.1, -0.05) is 30.3 Å². The normalized spacial score (nSPS) is 11.9. The van der Waals surface area contributed by atoms with E-state index in [4.69, 9.17) is 0 Å². The number of rotatable bonds is 5. The molecule has 1 aromatic heterocycles. The molecule has 0 aliphatic heterocycles. The average Bonchev–Trinajstić information content (AvgIpc) is 2.87. The Balaban J connectivity index is 1.84. The van der Waals surface area contributed by atoms with Crippen molar-refractivity contribution in [2.45, 2.75) is 19.9 Å². The number of carbonyl (C=O) groups is 1. The minimum Gasteiger partial charge on any atom is -0.368 e. The SMILES string of the molecule is Cc1c(N[C@H](C)C(=O)Nc2ccccc2F)c(=O)n(-c2ccccc2)n1C. The number of amides is 1. The van der Waals surface area contributed by atoms with Crippen LogP contribution in [0.4, 0.5) is 15.8 Å². The molecule has 0 aliphatic rings. The molecule has 0 saturated heterocycles. The summed E-state index contributed by atoms with van der Waals surface area (Å²) in [4.78, 5) is 25.3. The minimum absolute atomic E-state index is 0.0997. The van der Waals surface area contributed by atoms with E-state index in [2.05, 4.69) is 10.6 Å². The van der Waals surface area contributed by atoms with Crippen molar-refractivity contribution in [3.05, 3.63) is 76.5 Å². The van der Waals surface area contributed by atoms with E-state index in [0.717, 1.165) is 5.69 Å². The topological polar surface area (TPSA) is 68.1 Å². The molecular weight excluding hydrogens is 347 g/mol. The Kier molecular flexibility index (Phi) is 5.12. The van der Waals surface area contributed by atoms with Crippen LogP contribution in [0, 0.1) is 12.7 Å². The van der Waals surface area contributed by atoms with Crippen LogP contribution >= 0.6 is 0 Å². The summed E-state index contributed by atoms with van der Waals surface area (Å²) in [7, 11) is 1.78. The van der Waals surface area contributed by atoms with E-state index in [9.17, 15) is 14.0 Å². The molecule has 0 spiro atoms. The van der Waals surface area contributed by atoms with Gasteiger partial charge >= 0.3 is 0 Å². The monoisotopic (exact) mass is 368 g/mol. The molecule has 1 heterocycles. The highest BCUT2D eigenvalue weighted by atomic mass is 19.1. The van der Waals surface area contributed by atoms with Gasteiger partial charge in [0.25, 0.3) is 5.56 Å². The molecule has 3 aromatic rings. The van der Waals surface area contributed by atoms with Crippen LogP contribution in [-0.2, 0) is 11.8 Å². The molecule has 0 unspecified atom stereocenters. The van der Waals surface area contributed by atoms with Gasteiger partial charge < -0.3 is 10.6 Å². The first-order valence-electron chi connectivity index (χ1n) is 8.56. The number of para-hydroxylation sites is 2. The van der Waals surface area contributed by atoms with Crippen molar-refractivity contribution < 1.29 is 9.18 Å². The number of halogens is 1. The molecule has 27 heavy (non-hydrogen) atoms. The first kappa shape index (κ1) is 18.4. The van der Waals surface area contributed by atoms with E-state index in [1.807, 2.05) is 30.3 Å². The molecule has 0 saturated carbocycles. The zero-order valence-corrected chi connectivity index (χ0v) is 15.4. The highest BCUT2D eigenvalue weighted by molar-refractivity contribution is 5.96. The van der Waals surface area contributed by atoms with Gasteiger partial charge in [-0.3, -0.25) is 14.3 Å². The molecule has 1 atom stereocenters. The van der Waals surface area contributed by atoms with Gasteiger partial charge in [-0.15, -0.1) is 0 Å². The first-order chi connectivity index (χ1) is 12.9. The molecule has 7 heteroatoms. The lowest BCUT2D eigenvalue weighted by Crippen LogP contribution is -2.34. The maximum absolute atomic E-state index is 13.7. The third kappa shape index (κ3) is 3.62. The minimum atomic E-state index is -0.734. The Morgan fingerprint density at radius 1 is 1.07 bits per heavy atom. The molecular formula is C20H21FN4O2. The summed E-state index contributed by atoms with van der Waals surface area (Å²) < 4.78 is 17.0. The van der Waals surface area contributed by atoms with Gasteiger partial charge in [0.05, 0.1) is 17.1 Å². The number of carbonyl (C=O) groups excluding carboxylic acids is 1. The molecule has 140 valence electrons. The van der Waals surface area contributed by atoms with Crippen LogP contribution in [0.15, 0.2) is 59.4 Å². The van der Waals surface area contributed by atoms with Crippen LogP contribution in [0.1, 0.15) is 12.6 Å². The van der Waals surface area contributed by atoms with Crippen LogP contribution in [0.5, 0.6) is 0 Å². The summed E-state index contributed by atoms with van der Waals surface area (Å²) in [5.41, 5.74) is 1.59. The third-order valence-electron chi connectivity index (χ3n) is 4.44. The van der Waals surface area contributed by atoms with E-state index in [1.54, 1.807) is 37.7 Å². The lowest BCUT2D eigenvalue weighted by molar-refractivity contribution is -0.116. The second kappa shape index (κ2) is 7.49. The zero-order valence-electron chi connectivity index (χ0n) is 15.4.